The first-order valence-electron chi connectivity index (χ1n) is 19.6. The van der Waals surface area contributed by atoms with Crippen LogP contribution in [0.3, 0.4) is 0 Å². The second-order valence-corrected chi connectivity index (χ2v) is 15.1. The summed E-state index contributed by atoms with van der Waals surface area (Å²) >= 11 is 12.2. The second kappa shape index (κ2) is 22.1. The number of ether oxygens (including phenoxy) is 1. The fourth-order valence-corrected chi connectivity index (χ4v) is 6.80. The van der Waals surface area contributed by atoms with E-state index in [4.69, 9.17) is 33.0 Å². The molecular weight excluding hydrogens is 787 g/mol. The van der Waals surface area contributed by atoms with Gasteiger partial charge in [0.25, 0.3) is 0 Å². The largest absolute Gasteiger partial charge is 0.395 e. The quantitative estimate of drug-likeness (QED) is 0.0678. The van der Waals surface area contributed by atoms with Crippen molar-refractivity contribution in [3.63, 3.8) is 0 Å². The van der Waals surface area contributed by atoms with E-state index in [1.165, 1.54) is 0 Å². The number of nitrogens with zero attached hydrogens (tertiary/aromatic N) is 6. The highest BCUT2D eigenvalue weighted by Gasteiger charge is 2.19. The van der Waals surface area contributed by atoms with Gasteiger partial charge in [0.05, 0.1) is 36.0 Å². The number of Topliss-reactive ketones (excluding diaryl/α,β-unsaturated/α-hetero) is 2. The maximum atomic E-state index is 12.8. The Balaban J connectivity index is 0.000000224. The lowest BCUT2D eigenvalue weighted by Crippen LogP contribution is -2.13. The summed E-state index contributed by atoms with van der Waals surface area (Å²) in [5, 5.41) is 25.4. The molecule has 0 spiro atoms. The molecule has 0 amide bonds. The molecule has 14 heteroatoms. The van der Waals surface area contributed by atoms with E-state index in [9.17, 15) is 9.59 Å². The van der Waals surface area contributed by atoms with Crippen LogP contribution in [0.2, 0.25) is 10.0 Å². The molecule has 0 aliphatic carbocycles. The summed E-state index contributed by atoms with van der Waals surface area (Å²) in [6, 6.07) is 26.7. The number of aliphatic hydroxyl groups is 1. The van der Waals surface area contributed by atoms with Gasteiger partial charge in [-0.1, -0.05) is 61.3 Å². The van der Waals surface area contributed by atoms with E-state index in [1.807, 2.05) is 122 Å². The van der Waals surface area contributed by atoms with E-state index < -0.39 is 0 Å². The summed E-state index contributed by atoms with van der Waals surface area (Å²) < 4.78 is 8.73. The maximum Gasteiger partial charge on any atom is 0.140 e. The van der Waals surface area contributed by atoms with Gasteiger partial charge in [0, 0.05) is 78.7 Å². The molecule has 59 heavy (non-hydrogen) atoms. The molecule has 310 valence electrons. The lowest BCUT2D eigenvalue weighted by Gasteiger charge is -2.12. The van der Waals surface area contributed by atoms with Crippen LogP contribution >= 0.6 is 23.2 Å². The predicted octanol–water partition coefficient (Wildman–Crippen LogP) is 8.53. The van der Waals surface area contributed by atoms with Crippen LogP contribution in [0, 0.1) is 13.8 Å². The van der Waals surface area contributed by atoms with Crippen LogP contribution in [-0.4, -0.2) is 79.6 Å². The van der Waals surface area contributed by atoms with E-state index in [1.54, 1.807) is 19.5 Å². The number of halogens is 2. The number of nitrogens with one attached hydrogen (secondary N) is 2. The number of benzene rings is 2. The van der Waals surface area contributed by atoms with Crippen molar-refractivity contribution < 1.29 is 19.4 Å². The SMILES string of the molecule is COCCNc1ccc(C(C)C(=O)CCc2cc(C)nn2-c2cccc(Cl)c2)cn1.Cc1cc(CCC(=O)C(C)c2ccc(NCCO)nc2)n(-c2cccc(Cl)c2)n1. The summed E-state index contributed by atoms with van der Waals surface area (Å²) in [6.07, 6.45) is 5.53. The molecule has 6 aromatic rings. The monoisotopic (exact) mass is 838 g/mol. The van der Waals surface area contributed by atoms with E-state index in [0.29, 0.717) is 61.2 Å². The van der Waals surface area contributed by atoms with Gasteiger partial charge < -0.3 is 20.5 Å². The van der Waals surface area contributed by atoms with Gasteiger partial charge in [0.2, 0.25) is 0 Å². The Bertz CT molecular complexity index is 2270. The third kappa shape index (κ3) is 13.0. The molecule has 0 saturated carbocycles. The Morgan fingerprint density at radius 3 is 1.54 bits per heavy atom. The van der Waals surface area contributed by atoms with E-state index in [-0.39, 0.29) is 30.0 Å². The third-order valence-electron chi connectivity index (χ3n) is 9.74. The molecule has 2 atom stereocenters. The van der Waals surface area contributed by atoms with Crippen LogP contribution in [0.4, 0.5) is 11.6 Å². The third-order valence-corrected chi connectivity index (χ3v) is 10.2. The zero-order valence-corrected chi connectivity index (χ0v) is 35.7. The Kier molecular flexibility index (Phi) is 16.7. The average Bonchev–Trinajstić information content (AvgIpc) is 3.82. The highest BCUT2D eigenvalue weighted by Crippen LogP contribution is 2.24. The van der Waals surface area contributed by atoms with Crippen molar-refractivity contribution in [2.45, 2.75) is 65.2 Å². The molecular formula is C45H52Cl2N8O4. The molecule has 0 aliphatic rings. The summed E-state index contributed by atoms with van der Waals surface area (Å²) in [7, 11) is 1.66. The lowest BCUT2D eigenvalue weighted by molar-refractivity contribution is -0.120. The number of aromatic nitrogens is 6. The number of hydrogen-bond donors (Lipinski definition) is 3. The van der Waals surface area contributed by atoms with Gasteiger partial charge in [-0.2, -0.15) is 10.2 Å². The lowest BCUT2D eigenvalue weighted by atomic mass is 9.95. The molecule has 0 bridgehead atoms. The zero-order chi connectivity index (χ0) is 42.3. The van der Waals surface area contributed by atoms with Gasteiger partial charge in [-0.3, -0.25) is 9.59 Å². The molecule has 6 rings (SSSR count). The van der Waals surface area contributed by atoms with Crippen molar-refractivity contribution in [1.82, 2.24) is 29.5 Å². The minimum atomic E-state index is -0.238. The number of ketones is 2. The van der Waals surface area contributed by atoms with Gasteiger partial charge in [-0.15, -0.1) is 0 Å². The molecule has 0 saturated heterocycles. The number of anilines is 2. The zero-order valence-electron chi connectivity index (χ0n) is 34.2. The van der Waals surface area contributed by atoms with Crippen LogP contribution in [0.5, 0.6) is 0 Å². The Hall–Kier alpha value is -5.40. The molecule has 0 aliphatic heterocycles. The van der Waals surface area contributed by atoms with Gasteiger partial charge in [0.15, 0.2) is 0 Å². The van der Waals surface area contributed by atoms with Crippen LogP contribution in [0.1, 0.15) is 72.4 Å². The molecule has 0 fully saturated rings. The Morgan fingerprint density at radius 2 is 1.15 bits per heavy atom. The number of hydrogen-bond acceptors (Lipinski definition) is 10. The van der Waals surface area contributed by atoms with E-state index in [0.717, 1.165) is 51.1 Å². The number of aliphatic hydroxyl groups excluding tert-OH is 1. The standard InChI is InChI=1S/C23H27ClN4O2.C22H25ClN4O2/c1-16-13-21(28(27-16)20-6-4-5-19(24)14-20)8-9-22(29)17(2)18-7-10-23(26-15-18)25-11-12-30-3;1-15-12-20(27(26-15)19-5-3-4-18(23)13-19)7-8-21(29)16(2)17-6-9-22(25-14-17)24-10-11-28/h4-7,10,13-15,17H,8-9,11-12H2,1-3H3,(H,25,26);3-6,9,12-14,16,28H,7-8,10-11H2,1-2H3,(H,24,25). The maximum absolute atomic E-state index is 12.8. The number of rotatable bonds is 19. The van der Waals surface area contributed by atoms with Gasteiger partial charge in [0.1, 0.15) is 23.2 Å². The van der Waals surface area contributed by atoms with Gasteiger partial charge in [-0.05, 0) is 98.5 Å². The topological polar surface area (TPSA) is 149 Å². The van der Waals surface area contributed by atoms with Crippen molar-refractivity contribution in [2.24, 2.45) is 0 Å². The van der Waals surface area contributed by atoms with Crippen LogP contribution in [0.15, 0.2) is 97.3 Å². The first-order valence-corrected chi connectivity index (χ1v) is 20.4. The minimum Gasteiger partial charge on any atom is -0.395 e. The highest BCUT2D eigenvalue weighted by atomic mass is 35.5. The Labute approximate surface area is 356 Å². The fourth-order valence-electron chi connectivity index (χ4n) is 6.43. The normalized spacial score (nSPS) is 12.0. The van der Waals surface area contributed by atoms with Crippen LogP contribution in [0.25, 0.3) is 11.4 Å². The first kappa shape index (κ1) is 44.7. The van der Waals surface area contributed by atoms with Crippen molar-refractivity contribution in [3.8, 4) is 11.4 Å². The van der Waals surface area contributed by atoms with E-state index >= 15 is 0 Å². The molecule has 4 heterocycles. The average molecular weight is 840 g/mol. The van der Waals surface area contributed by atoms with Crippen molar-refractivity contribution in [2.75, 3.05) is 44.0 Å². The Morgan fingerprint density at radius 1 is 0.695 bits per heavy atom. The molecule has 3 N–H and O–H groups in total. The summed E-state index contributed by atoms with van der Waals surface area (Å²) in [5.41, 5.74) is 7.35. The predicted molar refractivity (Wildman–Crippen MR) is 235 cm³/mol. The molecule has 12 nitrogen and oxygen atoms in total. The second-order valence-electron chi connectivity index (χ2n) is 14.2. The molecule has 2 aromatic carbocycles. The summed E-state index contributed by atoms with van der Waals surface area (Å²) in [4.78, 5) is 34.3. The molecule has 2 unspecified atom stereocenters. The van der Waals surface area contributed by atoms with Crippen molar-refractivity contribution >= 4 is 46.4 Å². The number of carbonyl (C=O) groups excluding carboxylic acids is 2. The molecule has 4 aromatic heterocycles. The van der Waals surface area contributed by atoms with Gasteiger partial charge in [-0.25, -0.2) is 19.3 Å². The summed E-state index contributed by atoms with van der Waals surface area (Å²) in [5.74, 6) is 1.33. The minimum absolute atomic E-state index is 0.0452. The molecule has 0 radical (unpaired) electrons. The van der Waals surface area contributed by atoms with Crippen LogP contribution in [-0.2, 0) is 27.2 Å². The smallest absolute Gasteiger partial charge is 0.140 e. The number of pyridine rings is 2. The first-order chi connectivity index (χ1) is 28.4. The highest BCUT2D eigenvalue weighted by molar-refractivity contribution is 6.31. The number of aryl methyl sites for hydroxylation is 4. The fraction of sp³-hybridized carbons (Fsp3) is 0.333. The van der Waals surface area contributed by atoms with E-state index in [2.05, 4.69) is 30.8 Å². The summed E-state index contributed by atoms with van der Waals surface area (Å²) in [6.45, 7) is 9.51. The van der Waals surface area contributed by atoms with Crippen LogP contribution < -0.4 is 10.6 Å². The van der Waals surface area contributed by atoms with Crippen molar-refractivity contribution in [3.05, 3.63) is 141 Å². The number of methoxy groups -OCH3 is 1. The van der Waals surface area contributed by atoms with Gasteiger partial charge >= 0.3 is 0 Å². The number of carbonyl (C=O) groups is 2. The van der Waals surface area contributed by atoms with Crippen molar-refractivity contribution in [1.29, 1.82) is 0 Å².